The molecule has 0 spiro atoms. The van der Waals surface area contributed by atoms with Gasteiger partial charge in [-0.1, -0.05) is 66.7 Å². The number of rotatable bonds is 6. The molecule has 11 unspecified atom stereocenters. The largest absolute Gasteiger partial charge is 0.443 e. The molecule has 32 heteroatoms. The topological polar surface area (TPSA) is 55.4 Å². The molecule has 0 radical (unpaired) electrons. The lowest BCUT2D eigenvalue weighted by Gasteiger charge is -2.77. The van der Waals surface area contributed by atoms with Crippen LogP contribution >= 0.6 is 18.5 Å². The molecular weight excluding hydrogens is 1110 g/mol. The minimum atomic E-state index is -7.20. The Bertz CT molecular complexity index is 2490. The van der Waals surface area contributed by atoms with Crippen LogP contribution in [0.5, 0.6) is 0 Å². The van der Waals surface area contributed by atoms with E-state index in [1.165, 1.54) is 0 Å². The zero-order valence-electron chi connectivity index (χ0n) is 35.3. The Hall–Kier alpha value is -3.14. The quantitative estimate of drug-likeness (QED) is 0.212. The van der Waals surface area contributed by atoms with Crippen molar-refractivity contribution < 1.29 is 134 Å². The average Bonchev–Trinajstić information content (AvgIpc) is 3.62. The average molecular weight is 1130 g/mol. The van der Waals surface area contributed by atoms with E-state index in [9.17, 15) is 0 Å². The van der Waals surface area contributed by atoms with E-state index < -0.39 is 178 Å². The van der Waals surface area contributed by atoms with E-state index in [4.69, 9.17) is 0 Å². The molecule has 11 atom stereocenters. The van der Waals surface area contributed by atoms with Crippen molar-refractivity contribution in [3.63, 3.8) is 0 Å². The van der Waals surface area contributed by atoms with E-state index in [0.29, 0.717) is 0 Å². The normalized spacial score (nSPS) is 41.0. The van der Waals surface area contributed by atoms with Gasteiger partial charge in [-0.25, -0.2) is 0 Å². The van der Waals surface area contributed by atoms with Crippen LogP contribution in [0.1, 0.15) is 42.7 Å². The van der Waals surface area contributed by atoms with Gasteiger partial charge in [-0.3, -0.25) is 0 Å². The summed E-state index contributed by atoms with van der Waals surface area (Å²) in [5, 5.41) is 0. The maximum atomic E-state index is 16.8. The lowest BCUT2D eigenvalue weighted by Crippen LogP contribution is -2.94. The van der Waals surface area contributed by atoms with Crippen LogP contribution in [0.25, 0.3) is 5.57 Å². The summed E-state index contributed by atoms with van der Waals surface area (Å²) < 4.78 is 412. The van der Waals surface area contributed by atoms with Gasteiger partial charge in [0.25, 0.3) is 23.1 Å². The minimum absolute atomic E-state index is 0.0550. The van der Waals surface area contributed by atoms with Crippen molar-refractivity contribution >= 4 is 24.1 Å². The number of ether oxygens (including phenoxy) is 6. The first-order valence-corrected chi connectivity index (χ1v) is 22.2. The van der Waals surface area contributed by atoms with Gasteiger partial charge in [0.2, 0.25) is 0 Å². The molecule has 0 N–H and O–H groups in total. The van der Waals surface area contributed by atoms with E-state index in [1.54, 1.807) is 0 Å². The van der Waals surface area contributed by atoms with E-state index in [0.717, 1.165) is 79.1 Å². The number of hydrogen-bond donors (Lipinski definition) is 0. The first kappa shape index (κ1) is 54.6. The first-order valence-electron chi connectivity index (χ1n) is 20.6. The molecule has 8 bridgehead atoms. The Balaban J connectivity index is 1.60. The summed E-state index contributed by atoms with van der Waals surface area (Å²) in [6.45, 7) is 0. The van der Waals surface area contributed by atoms with Gasteiger partial charge in [0.05, 0.1) is 36.5 Å². The van der Waals surface area contributed by atoms with Gasteiger partial charge in [-0.15, -0.1) is 18.5 Å². The molecule has 2 aromatic rings. The van der Waals surface area contributed by atoms with Crippen molar-refractivity contribution in [1.29, 1.82) is 0 Å². The number of allylic oxidation sites excluding steroid dienone is 2. The van der Waals surface area contributed by atoms with Gasteiger partial charge < -0.3 is 28.4 Å². The van der Waals surface area contributed by atoms with Crippen LogP contribution < -0.4 is 0 Å². The number of hydrogen-bond acceptors (Lipinski definition) is 6. The fourth-order valence-electron chi connectivity index (χ4n) is 12.6. The van der Waals surface area contributed by atoms with Crippen molar-refractivity contribution in [1.82, 2.24) is 0 Å². The monoisotopic (exact) mass is 1130 g/mol. The van der Waals surface area contributed by atoms with Crippen molar-refractivity contribution in [2.24, 2.45) is 10.8 Å². The molecule has 8 aliphatic heterocycles. The Morgan fingerprint density at radius 1 is 0.384 bits per heavy atom. The summed E-state index contributed by atoms with van der Waals surface area (Å²) in [5.74, 6) is -26.0. The molecule has 1 aliphatic carbocycles. The highest BCUT2D eigenvalue weighted by molar-refractivity contribution is 7.16. The molecule has 0 aromatic heterocycles. The van der Waals surface area contributed by atoms with Gasteiger partial charge in [0.15, 0.2) is 22.4 Å². The molecular formula is C41H28F24O6P2. The third-order valence-corrected chi connectivity index (χ3v) is 16.4. The highest BCUT2D eigenvalue weighted by Crippen LogP contribution is 2.85. The van der Waals surface area contributed by atoms with Gasteiger partial charge in [0, 0.05) is 5.92 Å². The van der Waals surface area contributed by atoms with E-state index in [2.05, 4.69) is 28.4 Å². The van der Waals surface area contributed by atoms with Crippen LogP contribution in [0.15, 0.2) is 77.9 Å². The third-order valence-electron chi connectivity index (χ3n) is 15.2. The van der Waals surface area contributed by atoms with Crippen molar-refractivity contribution in [3.8, 4) is 0 Å². The van der Waals surface area contributed by atoms with E-state index >= 15 is 105 Å². The van der Waals surface area contributed by atoms with Gasteiger partial charge in [-0.2, -0.15) is 105 Å². The summed E-state index contributed by atoms with van der Waals surface area (Å²) in [6, 6.07) is 9.10. The second-order valence-corrected chi connectivity index (χ2v) is 19.3. The molecule has 73 heavy (non-hydrogen) atoms. The standard InChI is InChI=1S/C41H28F24O6P2/c42-34(43,44)26-12-30(38(54,55)56)67-27(35(45,46)47,13-31(66-26,70-30)39(57,58)59)24(26,16-72)21-11-20(18-7-3-1-4-8-18)22(19-9-5-2-6-10-19)23(21)25(17-73)28(36(48,49)50)14-32(40(60,61)62)69-29(25,37(51,52)53)15-33(68-28,71-32)41(63,64)65/h1-11,22H,12-17,72-73H2. The highest BCUT2D eigenvalue weighted by atomic mass is 31.0. The lowest BCUT2D eigenvalue weighted by molar-refractivity contribution is -0.649. The SMILES string of the molecule is FC(F)(F)C12CC3(C(F)(F)F)OC(C(F)(F)F)(CC(C(F)(F)F)(O1)C3(CP)C1=C(C3(CP)C4(C(F)(F)F)CC5(C(F)(F)F)OC(C(F)(F)F)(CC3(C(F)(F)F)O5)O4)C(c3ccccc3)C(c3ccccc3)=C1)O2. The van der Waals surface area contributed by atoms with Crippen LogP contribution in [0.2, 0.25) is 0 Å². The summed E-state index contributed by atoms with van der Waals surface area (Å²) in [7, 11) is 2.24. The predicted octanol–water partition coefficient (Wildman–Crippen LogP) is 12.9. The summed E-state index contributed by atoms with van der Waals surface area (Å²) >= 11 is 0. The van der Waals surface area contributed by atoms with Crippen molar-refractivity contribution in [2.45, 2.75) is 127 Å². The van der Waals surface area contributed by atoms with E-state index in [-0.39, 0.29) is 6.08 Å². The molecule has 8 saturated heterocycles. The molecule has 9 aliphatic rings. The van der Waals surface area contributed by atoms with Gasteiger partial charge >= 0.3 is 49.4 Å². The summed E-state index contributed by atoms with van der Waals surface area (Å²) in [5.41, 5.74) is -41.6. The summed E-state index contributed by atoms with van der Waals surface area (Å²) in [6.07, 6.45) is -75.1. The fraction of sp³-hybridized carbons (Fsp3) is 0.610. The number of halogens is 24. The molecule has 11 rings (SSSR count). The molecule has 6 nitrogen and oxygen atoms in total. The smallest absolute Gasteiger partial charge is 0.325 e. The highest BCUT2D eigenvalue weighted by Gasteiger charge is 3.02. The van der Waals surface area contributed by atoms with E-state index in [1.807, 2.05) is 0 Å². The number of benzene rings is 2. The second kappa shape index (κ2) is 14.9. The van der Waals surface area contributed by atoms with Crippen molar-refractivity contribution in [2.75, 3.05) is 12.3 Å². The molecule has 2 aromatic carbocycles. The number of alkyl halides is 24. The van der Waals surface area contributed by atoms with Gasteiger partial charge in [-0.05, 0) is 40.2 Å². The molecule has 8 heterocycles. The zero-order chi connectivity index (χ0) is 54.7. The Labute approximate surface area is 396 Å². The maximum Gasteiger partial charge on any atom is 0.443 e. The van der Waals surface area contributed by atoms with Crippen LogP contribution in [-0.4, -0.2) is 107 Å². The maximum absolute atomic E-state index is 16.8. The third kappa shape index (κ3) is 6.20. The lowest BCUT2D eigenvalue weighted by atomic mass is 9.44. The molecule has 0 amide bonds. The zero-order valence-corrected chi connectivity index (χ0v) is 37.7. The van der Waals surface area contributed by atoms with Gasteiger partial charge in [0.1, 0.15) is 0 Å². The Morgan fingerprint density at radius 3 is 0.945 bits per heavy atom. The Morgan fingerprint density at radius 2 is 0.671 bits per heavy atom. The first-order chi connectivity index (χ1) is 32.9. The Kier molecular flexibility index (Phi) is 11.2. The minimum Gasteiger partial charge on any atom is -0.325 e. The van der Waals surface area contributed by atoms with Crippen LogP contribution in [0.4, 0.5) is 105 Å². The molecule has 0 saturated carbocycles. The molecule has 8 fully saturated rings. The van der Waals surface area contributed by atoms with Crippen molar-refractivity contribution in [3.05, 3.63) is 89.0 Å². The fourth-order valence-corrected chi connectivity index (χ4v) is 14.4. The molecule has 406 valence electrons. The van der Waals surface area contributed by atoms with Crippen LogP contribution in [0.3, 0.4) is 0 Å². The second-order valence-electron chi connectivity index (χ2n) is 18.5. The van der Waals surface area contributed by atoms with Crippen LogP contribution in [0, 0.1) is 10.8 Å². The predicted molar refractivity (Wildman–Crippen MR) is 200 cm³/mol. The summed E-state index contributed by atoms with van der Waals surface area (Å²) in [4.78, 5) is 0. The van der Waals surface area contributed by atoms with Crippen LogP contribution in [-0.2, 0) is 28.4 Å².